The molecule has 1 heterocycles. The highest BCUT2D eigenvalue weighted by atomic mass is 35.5. The second kappa shape index (κ2) is 10.5. The molecule has 0 saturated carbocycles. The van der Waals surface area contributed by atoms with Crippen molar-refractivity contribution in [1.82, 2.24) is 5.32 Å². The van der Waals surface area contributed by atoms with Crippen LogP contribution in [0.15, 0.2) is 12.1 Å². The Morgan fingerprint density at radius 2 is 2.26 bits per heavy atom. The number of aryl methyl sites for hydroxylation is 1. The fraction of sp³-hybridized carbons (Fsp3) is 0.615. The van der Waals surface area contributed by atoms with Gasteiger partial charge in [-0.2, -0.15) is 0 Å². The molecule has 0 bridgehead atoms. The number of carbonyl (C=O) groups excluding carboxylic acids is 1. The van der Waals surface area contributed by atoms with Gasteiger partial charge in [-0.05, 0) is 25.0 Å². The van der Waals surface area contributed by atoms with Gasteiger partial charge in [0.05, 0.1) is 4.34 Å². The number of hydrogen-bond acceptors (Lipinski definition) is 3. The van der Waals surface area contributed by atoms with Crippen molar-refractivity contribution < 1.29 is 4.79 Å². The Hall–Kier alpha value is -0.290. The summed E-state index contributed by atoms with van der Waals surface area (Å²) in [5.74, 6) is 0.0751. The lowest BCUT2D eigenvalue weighted by atomic mass is 10.1. The van der Waals surface area contributed by atoms with Crippen LogP contribution in [0.2, 0.25) is 4.34 Å². The van der Waals surface area contributed by atoms with Gasteiger partial charge >= 0.3 is 0 Å². The standard InChI is InChI=1S/C13H21ClN2OS.ClH/c1-2-3-4-10(9-15)16-13(17)8-6-11-5-7-12(14)18-11;/h5,7,10H,2-4,6,8-9,15H2,1H3,(H,16,17);1H. The predicted octanol–water partition coefficient (Wildman–Crippen LogP) is 3.39. The minimum atomic E-state index is 0. The van der Waals surface area contributed by atoms with E-state index in [1.807, 2.05) is 12.1 Å². The molecule has 0 spiro atoms. The van der Waals surface area contributed by atoms with Crippen molar-refractivity contribution >= 4 is 41.3 Å². The maximum Gasteiger partial charge on any atom is 0.220 e. The van der Waals surface area contributed by atoms with E-state index in [0.717, 1.165) is 34.9 Å². The molecular weight excluding hydrogens is 303 g/mol. The van der Waals surface area contributed by atoms with Crippen LogP contribution >= 0.6 is 35.3 Å². The summed E-state index contributed by atoms with van der Waals surface area (Å²) in [5.41, 5.74) is 5.64. The maximum absolute atomic E-state index is 11.8. The molecule has 1 aromatic heterocycles. The minimum absolute atomic E-state index is 0. The number of nitrogens with two attached hydrogens (primary N) is 1. The molecule has 1 amide bonds. The Bertz CT molecular complexity index is 371. The molecule has 1 unspecified atom stereocenters. The van der Waals surface area contributed by atoms with E-state index in [-0.39, 0.29) is 24.4 Å². The van der Waals surface area contributed by atoms with Crippen LogP contribution in [0.3, 0.4) is 0 Å². The molecule has 0 saturated heterocycles. The average molecular weight is 325 g/mol. The molecule has 0 aliphatic carbocycles. The molecule has 110 valence electrons. The summed E-state index contributed by atoms with van der Waals surface area (Å²) in [6.07, 6.45) is 4.43. The van der Waals surface area contributed by atoms with Gasteiger partial charge in [0.1, 0.15) is 0 Å². The summed E-state index contributed by atoms with van der Waals surface area (Å²) in [6.45, 7) is 2.65. The van der Waals surface area contributed by atoms with Gasteiger partial charge in [0.15, 0.2) is 0 Å². The summed E-state index contributed by atoms with van der Waals surface area (Å²) < 4.78 is 0.771. The van der Waals surface area contributed by atoms with Crippen LogP contribution in [-0.2, 0) is 11.2 Å². The zero-order chi connectivity index (χ0) is 13.4. The molecule has 0 aromatic carbocycles. The van der Waals surface area contributed by atoms with E-state index in [2.05, 4.69) is 12.2 Å². The third-order valence-electron chi connectivity index (χ3n) is 2.78. The number of nitrogens with one attached hydrogen (secondary N) is 1. The molecule has 6 heteroatoms. The Balaban J connectivity index is 0.00000324. The first-order valence-electron chi connectivity index (χ1n) is 6.39. The van der Waals surface area contributed by atoms with Gasteiger partial charge in [-0.25, -0.2) is 0 Å². The van der Waals surface area contributed by atoms with Crippen LogP contribution in [0.5, 0.6) is 0 Å². The van der Waals surface area contributed by atoms with Crippen LogP contribution in [0.25, 0.3) is 0 Å². The molecule has 0 aliphatic rings. The first kappa shape index (κ1) is 18.7. The molecule has 0 aliphatic heterocycles. The second-order valence-electron chi connectivity index (χ2n) is 4.35. The highest BCUT2D eigenvalue weighted by molar-refractivity contribution is 7.16. The van der Waals surface area contributed by atoms with E-state index < -0.39 is 0 Å². The predicted molar refractivity (Wildman–Crippen MR) is 85.4 cm³/mol. The monoisotopic (exact) mass is 324 g/mol. The van der Waals surface area contributed by atoms with Crippen LogP contribution < -0.4 is 11.1 Å². The van der Waals surface area contributed by atoms with Gasteiger partial charge in [0, 0.05) is 23.9 Å². The van der Waals surface area contributed by atoms with Crippen LogP contribution in [0.1, 0.15) is 37.5 Å². The lowest BCUT2D eigenvalue weighted by Crippen LogP contribution is -2.40. The molecule has 3 nitrogen and oxygen atoms in total. The third-order valence-corrected chi connectivity index (χ3v) is 4.07. The Morgan fingerprint density at radius 1 is 1.53 bits per heavy atom. The van der Waals surface area contributed by atoms with Crippen LogP contribution in [-0.4, -0.2) is 18.5 Å². The van der Waals surface area contributed by atoms with Gasteiger partial charge in [-0.3, -0.25) is 4.79 Å². The van der Waals surface area contributed by atoms with Crippen molar-refractivity contribution in [3.05, 3.63) is 21.3 Å². The molecule has 3 N–H and O–H groups in total. The van der Waals surface area contributed by atoms with Gasteiger partial charge in [-0.1, -0.05) is 31.4 Å². The molecule has 19 heavy (non-hydrogen) atoms. The number of halogens is 2. The lowest BCUT2D eigenvalue weighted by molar-refractivity contribution is -0.121. The Labute approximate surface area is 130 Å². The summed E-state index contributed by atoms with van der Waals surface area (Å²) in [4.78, 5) is 12.9. The largest absolute Gasteiger partial charge is 0.352 e. The van der Waals surface area contributed by atoms with Crippen LogP contribution in [0, 0.1) is 0 Å². The summed E-state index contributed by atoms with van der Waals surface area (Å²) in [6, 6.07) is 3.95. The van der Waals surface area contributed by atoms with Crippen molar-refractivity contribution in [2.24, 2.45) is 5.73 Å². The highest BCUT2D eigenvalue weighted by Gasteiger charge is 2.10. The number of unbranched alkanes of at least 4 members (excludes halogenated alkanes) is 1. The summed E-state index contributed by atoms with van der Waals surface area (Å²) >= 11 is 7.37. The minimum Gasteiger partial charge on any atom is -0.352 e. The molecule has 1 aromatic rings. The van der Waals surface area contributed by atoms with Gasteiger partial charge in [0.2, 0.25) is 5.91 Å². The molecule has 1 atom stereocenters. The fourth-order valence-electron chi connectivity index (χ4n) is 1.72. The van der Waals surface area contributed by atoms with E-state index in [9.17, 15) is 4.79 Å². The van der Waals surface area contributed by atoms with Gasteiger partial charge in [0.25, 0.3) is 0 Å². The van der Waals surface area contributed by atoms with Gasteiger partial charge < -0.3 is 11.1 Å². The zero-order valence-corrected chi connectivity index (χ0v) is 13.5. The second-order valence-corrected chi connectivity index (χ2v) is 6.15. The number of amides is 1. The number of carbonyl (C=O) groups is 1. The van der Waals surface area contributed by atoms with E-state index in [1.165, 1.54) is 11.3 Å². The first-order chi connectivity index (χ1) is 8.65. The van der Waals surface area contributed by atoms with Crippen molar-refractivity contribution in [2.45, 2.75) is 45.1 Å². The first-order valence-corrected chi connectivity index (χ1v) is 7.58. The summed E-state index contributed by atoms with van der Waals surface area (Å²) in [5, 5.41) is 2.99. The Morgan fingerprint density at radius 3 is 2.79 bits per heavy atom. The quantitative estimate of drug-likeness (QED) is 0.770. The molecule has 0 fully saturated rings. The normalized spacial score (nSPS) is 11.7. The maximum atomic E-state index is 11.8. The Kier molecular flexibility index (Phi) is 10.3. The van der Waals surface area contributed by atoms with E-state index in [4.69, 9.17) is 17.3 Å². The van der Waals surface area contributed by atoms with Gasteiger partial charge in [-0.15, -0.1) is 23.7 Å². The smallest absolute Gasteiger partial charge is 0.220 e. The number of rotatable bonds is 8. The van der Waals surface area contributed by atoms with Crippen molar-refractivity contribution in [1.29, 1.82) is 0 Å². The molecule has 1 rings (SSSR count). The van der Waals surface area contributed by atoms with E-state index in [1.54, 1.807) is 0 Å². The van der Waals surface area contributed by atoms with E-state index >= 15 is 0 Å². The summed E-state index contributed by atoms with van der Waals surface area (Å²) in [7, 11) is 0. The highest BCUT2D eigenvalue weighted by Crippen LogP contribution is 2.22. The van der Waals surface area contributed by atoms with Crippen molar-refractivity contribution in [3.8, 4) is 0 Å². The number of hydrogen-bond donors (Lipinski definition) is 2. The van der Waals surface area contributed by atoms with E-state index in [0.29, 0.717) is 13.0 Å². The SMILES string of the molecule is CCCCC(CN)NC(=O)CCc1ccc(Cl)s1.Cl. The lowest BCUT2D eigenvalue weighted by Gasteiger charge is -2.16. The van der Waals surface area contributed by atoms with Crippen molar-refractivity contribution in [3.63, 3.8) is 0 Å². The van der Waals surface area contributed by atoms with Crippen molar-refractivity contribution in [2.75, 3.05) is 6.54 Å². The molecule has 0 radical (unpaired) electrons. The van der Waals surface area contributed by atoms with Crippen LogP contribution in [0.4, 0.5) is 0 Å². The third kappa shape index (κ3) is 7.78. The number of thiophene rings is 1. The molecular formula is C13H22Cl2N2OS. The zero-order valence-electron chi connectivity index (χ0n) is 11.2. The fourth-order valence-corrected chi connectivity index (χ4v) is 2.81. The topological polar surface area (TPSA) is 55.1 Å². The average Bonchev–Trinajstić information content (AvgIpc) is 2.78.